The molecule has 30 heavy (non-hydrogen) atoms. The first-order valence-electron chi connectivity index (χ1n) is 9.24. The number of benzene rings is 2. The van der Waals surface area contributed by atoms with E-state index in [2.05, 4.69) is 5.32 Å². The molecule has 2 aromatic carbocycles. The van der Waals surface area contributed by atoms with Gasteiger partial charge in [0.2, 0.25) is 0 Å². The summed E-state index contributed by atoms with van der Waals surface area (Å²) in [5.41, 5.74) is -0.0406. The van der Waals surface area contributed by atoms with Gasteiger partial charge in [0.05, 0.1) is 6.54 Å². The Morgan fingerprint density at radius 1 is 1.03 bits per heavy atom. The number of carbonyl (C=O) groups is 2. The fraction of sp³-hybridized carbons (Fsp3) is 0.227. The highest BCUT2D eigenvalue weighted by Crippen LogP contribution is 2.33. The van der Waals surface area contributed by atoms with Crippen molar-refractivity contribution in [2.75, 3.05) is 0 Å². The summed E-state index contributed by atoms with van der Waals surface area (Å²) in [6.07, 6.45) is 0. The van der Waals surface area contributed by atoms with E-state index in [-0.39, 0.29) is 12.1 Å². The van der Waals surface area contributed by atoms with Gasteiger partial charge in [-0.25, -0.2) is 18.4 Å². The predicted octanol–water partition coefficient (Wildman–Crippen LogP) is 3.66. The van der Waals surface area contributed by atoms with Crippen molar-refractivity contribution in [3.05, 3.63) is 80.7 Å². The number of urea groups is 1. The molecule has 3 amide bonds. The van der Waals surface area contributed by atoms with Crippen LogP contribution in [0.3, 0.4) is 0 Å². The number of carbonyl (C=O) groups excluding carboxylic acids is 2. The molecule has 0 radical (unpaired) electrons. The minimum absolute atomic E-state index is 0.220. The maximum absolute atomic E-state index is 14.3. The summed E-state index contributed by atoms with van der Waals surface area (Å²) in [5.74, 6) is -2.29. The number of hydrogen-bond donors (Lipinski definition) is 1. The Labute approximate surface area is 170 Å². The Morgan fingerprint density at radius 3 is 2.47 bits per heavy atom. The third-order valence-corrected chi connectivity index (χ3v) is 5.52. The summed E-state index contributed by atoms with van der Waals surface area (Å²) in [5, 5.41) is 3.03. The standard InChI is InChI=1S/C22H18F2N2O4/c1-11-6-15-13(8-19(27)30-18(15)7-12(11)2)10-26-20(28)22(3,25-21(26)29)16-9-14(23)4-5-17(16)24/h4-9H,10H2,1-3H3,(H,25,29)/t22-/m0/s1. The summed E-state index contributed by atoms with van der Waals surface area (Å²) < 4.78 is 33.2. The van der Waals surface area contributed by atoms with E-state index in [0.717, 1.165) is 34.2 Å². The molecule has 1 aromatic heterocycles. The summed E-state index contributed by atoms with van der Waals surface area (Å²) in [4.78, 5) is 38.6. The highest BCUT2D eigenvalue weighted by Gasteiger charge is 2.50. The zero-order valence-corrected chi connectivity index (χ0v) is 16.5. The second kappa shape index (κ2) is 6.76. The molecule has 8 heteroatoms. The summed E-state index contributed by atoms with van der Waals surface area (Å²) in [6.45, 7) is 4.86. The van der Waals surface area contributed by atoms with Gasteiger partial charge in [0.1, 0.15) is 22.8 Å². The van der Waals surface area contributed by atoms with Crippen LogP contribution in [0.1, 0.15) is 29.2 Å². The summed E-state index contributed by atoms with van der Waals surface area (Å²) >= 11 is 0. The van der Waals surface area contributed by atoms with Gasteiger partial charge in [0, 0.05) is 17.0 Å². The van der Waals surface area contributed by atoms with Gasteiger partial charge in [-0.3, -0.25) is 9.69 Å². The maximum atomic E-state index is 14.3. The number of fused-ring (bicyclic) bond motifs is 1. The average Bonchev–Trinajstić information content (AvgIpc) is 2.89. The molecule has 154 valence electrons. The normalized spacial score (nSPS) is 18.9. The molecule has 1 fully saturated rings. The van der Waals surface area contributed by atoms with Crippen LogP contribution in [0.25, 0.3) is 11.0 Å². The van der Waals surface area contributed by atoms with Crippen LogP contribution >= 0.6 is 0 Å². The quantitative estimate of drug-likeness (QED) is 0.526. The van der Waals surface area contributed by atoms with Crippen LogP contribution in [-0.4, -0.2) is 16.8 Å². The Morgan fingerprint density at radius 2 is 1.73 bits per heavy atom. The molecule has 1 aliphatic heterocycles. The van der Waals surface area contributed by atoms with Crippen molar-refractivity contribution in [3.63, 3.8) is 0 Å². The number of aryl methyl sites for hydroxylation is 2. The van der Waals surface area contributed by atoms with Crippen molar-refractivity contribution in [2.45, 2.75) is 32.9 Å². The van der Waals surface area contributed by atoms with E-state index in [9.17, 15) is 23.2 Å². The SMILES string of the molecule is Cc1cc2oc(=O)cc(CN3C(=O)N[C@@](C)(c4cc(F)ccc4F)C3=O)c2cc1C. The number of nitrogens with zero attached hydrogens (tertiary/aromatic N) is 1. The molecule has 0 unspecified atom stereocenters. The summed E-state index contributed by atoms with van der Waals surface area (Å²) in [6, 6.07) is 6.70. The van der Waals surface area contributed by atoms with Crippen LogP contribution in [0, 0.1) is 25.5 Å². The molecule has 0 aliphatic carbocycles. The Kier molecular flexibility index (Phi) is 4.45. The molecule has 1 N–H and O–H groups in total. The highest BCUT2D eigenvalue weighted by molar-refractivity contribution is 6.07. The van der Waals surface area contributed by atoms with Crippen LogP contribution in [0.5, 0.6) is 0 Å². The van der Waals surface area contributed by atoms with Crippen LogP contribution in [-0.2, 0) is 16.9 Å². The van der Waals surface area contributed by atoms with E-state index < -0.39 is 34.7 Å². The largest absolute Gasteiger partial charge is 0.423 e. The van der Waals surface area contributed by atoms with E-state index in [1.807, 2.05) is 19.9 Å². The van der Waals surface area contributed by atoms with Gasteiger partial charge in [-0.05, 0) is 67.8 Å². The molecule has 1 aliphatic rings. The van der Waals surface area contributed by atoms with Crippen LogP contribution in [0.15, 0.2) is 45.6 Å². The average molecular weight is 412 g/mol. The molecule has 0 spiro atoms. The van der Waals surface area contributed by atoms with Gasteiger partial charge in [0.15, 0.2) is 0 Å². The number of rotatable bonds is 3. The van der Waals surface area contributed by atoms with Crippen molar-refractivity contribution in [2.24, 2.45) is 0 Å². The fourth-order valence-electron chi connectivity index (χ4n) is 3.69. The molecule has 6 nitrogen and oxygen atoms in total. The molecule has 2 heterocycles. The van der Waals surface area contributed by atoms with Crippen molar-refractivity contribution in [1.82, 2.24) is 10.2 Å². The third-order valence-electron chi connectivity index (χ3n) is 5.52. The Hall–Kier alpha value is -3.55. The van der Waals surface area contributed by atoms with Gasteiger partial charge in [-0.15, -0.1) is 0 Å². The van der Waals surface area contributed by atoms with Gasteiger partial charge in [-0.2, -0.15) is 0 Å². The smallest absolute Gasteiger partial charge is 0.336 e. The lowest BCUT2D eigenvalue weighted by molar-refractivity contribution is -0.131. The summed E-state index contributed by atoms with van der Waals surface area (Å²) in [7, 11) is 0. The molecule has 3 aromatic rings. The van der Waals surface area contributed by atoms with E-state index in [0.29, 0.717) is 16.5 Å². The predicted molar refractivity (Wildman–Crippen MR) is 105 cm³/mol. The lowest BCUT2D eigenvalue weighted by atomic mass is 9.91. The molecule has 1 atom stereocenters. The molecule has 0 bridgehead atoms. The van der Waals surface area contributed by atoms with Crippen LogP contribution in [0.2, 0.25) is 0 Å². The van der Waals surface area contributed by atoms with Gasteiger partial charge in [0.25, 0.3) is 5.91 Å². The zero-order chi connectivity index (χ0) is 21.8. The Balaban J connectivity index is 1.77. The molecule has 0 saturated carbocycles. The van der Waals surface area contributed by atoms with Crippen molar-refractivity contribution < 1.29 is 22.8 Å². The second-order valence-electron chi connectivity index (χ2n) is 7.59. The lowest BCUT2D eigenvalue weighted by Crippen LogP contribution is -2.41. The molecular formula is C22H18F2N2O4. The lowest BCUT2D eigenvalue weighted by Gasteiger charge is -2.23. The fourth-order valence-corrected chi connectivity index (χ4v) is 3.69. The molecular weight excluding hydrogens is 394 g/mol. The monoisotopic (exact) mass is 412 g/mol. The number of imide groups is 1. The molecule has 4 rings (SSSR count). The van der Waals surface area contributed by atoms with E-state index in [1.165, 1.54) is 13.0 Å². The first-order valence-corrected chi connectivity index (χ1v) is 9.24. The number of halogens is 2. The molecule has 1 saturated heterocycles. The Bertz CT molecular complexity index is 1280. The van der Waals surface area contributed by atoms with Gasteiger partial charge in [-0.1, -0.05) is 0 Å². The topological polar surface area (TPSA) is 79.6 Å². The minimum atomic E-state index is -1.77. The van der Waals surface area contributed by atoms with E-state index >= 15 is 0 Å². The second-order valence-corrected chi connectivity index (χ2v) is 7.59. The van der Waals surface area contributed by atoms with Gasteiger partial charge < -0.3 is 9.73 Å². The number of nitrogens with one attached hydrogen (secondary N) is 1. The van der Waals surface area contributed by atoms with Crippen molar-refractivity contribution >= 4 is 22.9 Å². The zero-order valence-electron chi connectivity index (χ0n) is 16.5. The minimum Gasteiger partial charge on any atom is -0.423 e. The first kappa shape index (κ1) is 19.8. The van der Waals surface area contributed by atoms with Crippen LogP contribution < -0.4 is 10.9 Å². The van der Waals surface area contributed by atoms with Gasteiger partial charge >= 0.3 is 11.7 Å². The number of hydrogen-bond acceptors (Lipinski definition) is 4. The van der Waals surface area contributed by atoms with E-state index in [1.54, 1.807) is 6.07 Å². The first-order chi connectivity index (χ1) is 14.1. The highest BCUT2D eigenvalue weighted by atomic mass is 19.1. The maximum Gasteiger partial charge on any atom is 0.336 e. The number of amides is 3. The third kappa shape index (κ3) is 3.04. The van der Waals surface area contributed by atoms with Crippen LogP contribution in [0.4, 0.5) is 13.6 Å². The van der Waals surface area contributed by atoms with E-state index in [4.69, 9.17) is 4.42 Å². The van der Waals surface area contributed by atoms with Crippen molar-refractivity contribution in [1.29, 1.82) is 0 Å². The van der Waals surface area contributed by atoms with Crippen molar-refractivity contribution in [3.8, 4) is 0 Å².